The lowest BCUT2D eigenvalue weighted by Crippen LogP contribution is -2.11. The van der Waals surface area contributed by atoms with Gasteiger partial charge < -0.3 is 9.67 Å². The van der Waals surface area contributed by atoms with Gasteiger partial charge in [-0.3, -0.25) is 0 Å². The number of hydrogen-bond acceptors (Lipinski definition) is 2. The molecule has 0 bridgehead atoms. The summed E-state index contributed by atoms with van der Waals surface area (Å²) in [6, 6.07) is 5.62. The van der Waals surface area contributed by atoms with Crippen LogP contribution >= 0.6 is 0 Å². The van der Waals surface area contributed by atoms with Crippen LogP contribution in [-0.4, -0.2) is 20.6 Å². The molecule has 1 atom stereocenters. The minimum atomic E-state index is -0.884. The summed E-state index contributed by atoms with van der Waals surface area (Å²) in [6.07, 6.45) is 2.46. The van der Waals surface area contributed by atoms with Gasteiger partial charge in [-0.05, 0) is 44.7 Å². The van der Waals surface area contributed by atoms with Crippen LogP contribution in [0, 0.1) is 12.8 Å². The van der Waals surface area contributed by atoms with Crippen molar-refractivity contribution in [1.29, 1.82) is 0 Å². The van der Waals surface area contributed by atoms with Crippen molar-refractivity contribution in [3.05, 3.63) is 29.6 Å². The van der Waals surface area contributed by atoms with E-state index in [1.54, 1.807) is 12.1 Å². The number of para-hydroxylation sites is 1. The van der Waals surface area contributed by atoms with Crippen molar-refractivity contribution in [2.75, 3.05) is 0 Å². The van der Waals surface area contributed by atoms with Gasteiger partial charge in [0.2, 0.25) is 0 Å². The molecule has 0 amide bonds. The molecule has 0 saturated heterocycles. The maximum absolute atomic E-state index is 11.3. The number of benzene rings is 1. The van der Waals surface area contributed by atoms with Crippen molar-refractivity contribution in [1.82, 2.24) is 9.55 Å². The Bertz CT molecular complexity index is 626. The van der Waals surface area contributed by atoms with Crippen LogP contribution in [0.2, 0.25) is 0 Å². The van der Waals surface area contributed by atoms with Gasteiger partial charge in [0.15, 0.2) is 0 Å². The fourth-order valence-electron chi connectivity index (χ4n) is 2.73. The molecule has 1 fully saturated rings. The number of carbonyl (C=O) groups is 1. The molecule has 2 aromatic rings. The number of rotatable bonds is 3. The first-order valence-corrected chi connectivity index (χ1v) is 6.30. The Labute approximate surface area is 105 Å². The third-order valence-electron chi connectivity index (χ3n) is 3.83. The highest BCUT2D eigenvalue weighted by molar-refractivity contribution is 6.01. The number of carboxylic acid groups (broad SMARTS) is 1. The molecule has 0 aliphatic heterocycles. The van der Waals surface area contributed by atoms with Gasteiger partial charge in [-0.25, -0.2) is 9.78 Å². The Hall–Kier alpha value is -1.84. The maximum atomic E-state index is 11.3. The molecule has 94 valence electrons. The van der Waals surface area contributed by atoms with Gasteiger partial charge in [0.05, 0.1) is 16.6 Å². The molecule has 4 heteroatoms. The molecular formula is C14H16N2O2. The molecule has 1 heterocycles. The average molecular weight is 244 g/mol. The largest absolute Gasteiger partial charge is 0.478 e. The zero-order valence-corrected chi connectivity index (χ0v) is 10.6. The number of imidazole rings is 1. The molecule has 0 spiro atoms. The second-order valence-corrected chi connectivity index (χ2v) is 5.09. The van der Waals surface area contributed by atoms with Crippen LogP contribution in [-0.2, 0) is 0 Å². The molecule has 18 heavy (non-hydrogen) atoms. The summed E-state index contributed by atoms with van der Waals surface area (Å²) in [4.78, 5) is 15.8. The van der Waals surface area contributed by atoms with Crippen LogP contribution in [0.3, 0.4) is 0 Å². The number of nitrogens with zero attached hydrogens (tertiary/aromatic N) is 2. The molecule has 1 aliphatic carbocycles. The number of fused-ring (bicyclic) bond motifs is 1. The summed E-state index contributed by atoms with van der Waals surface area (Å²) in [5.41, 5.74) is 1.89. The van der Waals surface area contributed by atoms with Crippen LogP contribution in [0.4, 0.5) is 0 Å². The number of aromatic carboxylic acids is 1. The predicted octanol–water partition coefficient (Wildman–Crippen LogP) is 3.01. The van der Waals surface area contributed by atoms with Crippen molar-refractivity contribution >= 4 is 17.0 Å². The molecule has 1 unspecified atom stereocenters. The van der Waals surface area contributed by atoms with Crippen molar-refractivity contribution < 1.29 is 9.90 Å². The molecule has 1 aliphatic rings. The maximum Gasteiger partial charge on any atom is 0.337 e. The van der Waals surface area contributed by atoms with Crippen molar-refractivity contribution in [3.8, 4) is 0 Å². The van der Waals surface area contributed by atoms with Gasteiger partial charge in [0.25, 0.3) is 0 Å². The Kier molecular flexibility index (Phi) is 2.40. The number of aromatic nitrogens is 2. The minimum Gasteiger partial charge on any atom is -0.478 e. The second-order valence-electron chi connectivity index (χ2n) is 5.09. The standard InChI is InChI=1S/C14H16N2O2/c1-8(10-6-7-10)16-9(2)15-12-5-3-4-11(13(12)16)14(17)18/h3-5,8,10H,6-7H2,1-2H3,(H,17,18). The van der Waals surface area contributed by atoms with E-state index >= 15 is 0 Å². The monoisotopic (exact) mass is 244 g/mol. The van der Waals surface area contributed by atoms with E-state index in [1.165, 1.54) is 12.8 Å². The Morgan fingerprint density at radius 2 is 2.22 bits per heavy atom. The first kappa shape index (κ1) is 11.3. The molecule has 1 saturated carbocycles. The van der Waals surface area contributed by atoms with Crippen molar-refractivity contribution in [3.63, 3.8) is 0 Å². The third kappa shape index (κ3) is 1.60. The summed E-state index contributed by atoms with van der Waals surface area (Å²) in [5, 5.41) is 9.31. The highest BCUT2D eigenvalue weighted by Gasteiger charge is 2.31. The SMILES string of the molecule is Cc1nc2cccc(C(=O)O)c2n1C(C)C1CC1. The van der Waals surface area contributed by atoms with Gasteiger partial charge in [0, 0.05) is 6.04 Å². The quantitative estimate of drug-likeness (QED) is 0.902. The molecule has 4 nitrogen and oxygen atoms in total. The van der Waals surface area contributed by atoms with Crippen LogP contribution in [0.5, 0.6) is 0 Å². The molecule has 3 rings (SSSR count). The van der Waals surface area contributed by atoms with Crippen LogP contribution in [0.15, 0.2) is 18.2 Å². The van der Waals surface area contributed by atoms with Gasteiger partial charge in [-0.2, -0.15) is 0 Å². The molecule has 1 aromatic heterocycles. The van der Waals surface area contributed by atoms with E-state index in [0.717, 1.165) is 16.9 Å². The summed E-state index contributed by atoms with van der Waals surface area (Å²) in [7, 11) is 0. The molecular weight excluding hydrogens is 228 g/mol. The summed E-state index contributed by atoms with van der Waals surface area (Å²) >= 11 is 0. The van der Waals surface area contributed by atoms with Gasteiger partial charge >= 0.3 is 5.97 Å². The Balaban J connectivity index is 2.28. The molecule has 0 radical (unpaired) electrons. The van der Waals surface area contributed by atoms with Gasteiger partial charge in [-0.1, -0.05) is 6.07 Å². The average Bonchev–Trinajstić information content (AvgIpc) is 3.10. The van der Waals surface area contributed by atoms with Crippen LogP contribution < -0.4 is 0 Å². The zero-order valence-electron chi connectivity index (χ0n) is 10.6. The van der Waals surface area contributed by atoms with Gasteiger partial charge in [0.1, 0.15) is 5.82 Å². The topological polar surface area (TPSA) is 55.1 Å². The number of aryl methyl sites for hydroxylation is 1. The third-order valence-corrected chi connectivity index (χ3v) is 3.83. The van der Waals surface area contributed by atoms with Crippen LogP contribution in [0.25, 0.3) is 11.0 Å². The predicted molar refractivity (Wildman–Crippen MR) is 68.9 cm³/mol. The van der Waals surface area contributed by atoms with E-state index in [2.05, 4.69) is 16.5 Å². The fraction of sp³-hybridized carbons (Fsp3) is 0.429. The minimum absolute atomic E-state index is 0.329. The summed E-state index contributed by atoms with van der Waals surface area (Å²) in [6.45, 7) is 4.11. The highest BCUT2D eigenvalue weighted by Crippen LogP contribution is 2.41. The Morgan fingerprint density at radius 1 is 1.50 bits per heavy atom. The lowest BCUT2D eigenvalue weighted by Gasteiger charge is -2.16. The molecule has 1 aromatic carbocycles. The number of hydrogen-bond donors (Lipinski definition) is 1. The van der Waals surface area contributed by atoms with Crippen molar-refractivity contribution in [2.24, 2.45) is 5.92 Å². The normalized spacial score (nSPS) is 17.0. The van der Waals surface area contributed by atoms with Crippen LogP contribution in [0.1, 0.15) is 42.0 Å². The van der Waals surface area contributed by atoms with E-state index in [-0.39, 0.29) is 0 Å². The summed E-state index contributed by atoms with van der Waals surface area (Å²) < 4.78 is 2.09. The van der Waals surface area contributed by atoms with E-state index in [9.17, 15) is 9.90 Å². The number of carboxylic acids is 1. The van der Waals surface area contributed by atoms with E-state index < -0.39 is 5.97 Å². The van der Waals surface area contributed by atoms with E-state index in [4.69, 9.17) is 0 Å². The second kappa shape index (κ2) is 3.83. The van der Waals surface area contributed by atoms with Gasteiger partial charge in [-0.15, -0.1) is 0 Å². The van der Waals surface area contributed by atoms with Crippen molar-refractivity contribution in [2.45, 2.75) is 32.7 Å². The lowest BCUT2D eigenvalue weighted by molar-refractivity contribution is 0.0698. The zero-order chi connectivity index (χ0) is 12.9. The first-order valence-electron chi connectivity index (χ1n) is 6.30. The Morgan fingerprint density at radius 3 is 2.83 bits per heavy atom. The smallest absolute Gasteiger partial charge is 0.337 e. The van der Waals surface area contributed by atoms with E-state index in [1.807, 2.05) is 13.0 Å². The fourth-order valence-corrected chi connectivity index (χ4v) is 2.73. The first-order chi connectivity index (χ1) is 8.59. The lowest BCUT2D eigenvalue weighted by atomic mass is 10.1. The summed E-state index contributed by atoms with van der Waals surface area (Å²) in [5.74, 6) is 0.686. The molecule has 1 N–H and O–H groups in total. The highest BCUT2D eigenvalue weighted by atomic mass is 16.4. The van der Waals surface area contributed by atoms with E-state index in [0.29, 0.717) is 17.5 Å².